The summed E-state index contributed by atoms with van der Waals surface area (Å²) >= 11 is 0. The summed E-state index contributed by atoms with van der Waals surface area (Å²) in [5, 5.41) is 2.56. The lowest BCUT2D eigenvalue weighted by molar-refractivity contribution is -0.116. The number of hydrogen-bond acceptors (Lipinski definition) is 5. The van der Waals surface area contributed by atoms with E-state index in [-0.39, 0.29) is 6.54 Å². The number of rotatable bonds is 3. The van der Waals surface area contributed by atoms with E-state index in [4.69, 9.17) is 5.73 Å². The van der Waals surface area contributed by atoms with Gasteiger partial charge in [0.15, 0.2) is 0 Å². The highest BCUT2D eigenvalue weighted by molar-refractivity contribution is 6.22. The zero-order valence-electron chi connectivity index (χ0n) is 11.4. The number of nitrogens with one attached hydrogen (secondary N) is 1. The van der Waals surface area contributed by atoms with Gasteiger partial charge in [-0.05, 0) is 24.3 Å². The Balaban J connectivity index is 1.71. The van der Waals surface area contributed by atoms with Gasteiger partial charge in [0.1, 0.15) is 12.4 Å². The molecule has 0 fully saturated rings. The summed E-state index contributed by atoms with van der Waals surface area (Å²) in [6, 6.07) is 9.61. The number of anilines is 2. The van der Waals surface area contributed by atoms with E-state index in [1.807, 2.05) is 0 Å². The third kappa shape index (κ3) is 2.39. The second-order valence-corrected chi connectivity index (χ2v) is 4.76. The predicted molar refractivity (Wildman–Crippen MR) is 79.1 cm³/mol. The number of carbonyl (C=O) groups is 3. The summed E-state index contributed by atoms with van der Waals surface area (Å²) in [6.45, 7) is -0.350. The van der Waals surface area contributed by atoms with E-state index in [1.165, 1.54) is 12.3 Å². The summed E-state index contributed by atoms with van der Waals surface area (Å²) in [7, 11) is 0. The first-order valence-electron chi connectivity index (χ1n) is 6.53. The molecule has 2 heterocycles. The van der Waals surface area contributed by atoms with Crippen LogP contribution in [0.15, 0.2) is 42.6 Å². The summed E-state index contributed by atoms with van der Waals surface area (Å²) in [6.07, 6.45) is 1.40. The van der Waals surface area contributed by atoms with Crippen LogP contribution in [0, 0.1) is 0 Å². The van der Waals surface area contributed by atoms with E-state index in [1.54, 1.807) is 30.3 Å². The fraction of sp³-hybridized carbons (Fsp3) is 0.0667. The number of nitrogens with two attached hydrogens (primary N) is 1. The number of carbonyl (C=O) groups excluding carboxylic acids is 3. The smallest absolute Gasteiger partial charge is 0.262 e. The molecule has 7 nitrogen and oxygen atoms in total. The number of amides is 3. The van der Waals surface area contributed by atoms with Crippen molar-refractivity contribution in [2.75, 3.05) is 17.6 Å². The Hall–Kier alpha value is -3.22. The lowest BCUT2D eigenvalue weighted by Gasteiger charge is -2.13. The third-order valence-corrected chi connectivity index (χ3v) is 3.25. The normalized spacial score (nSPS) is 13.2. The number of nitrogen functional groups attached to an aromatic ring is 1. The van der Waals surface area contributed by atoms with Gasteiger partial charge in [-0.3, -0.25) is 19.3 Å². The van der Waals surface area contributed by atoms with Crippen LogP contribution in [-0.2, 0) is 4.79 Å². The molecular weight excluding hydrogens is 284 g/mol. The fourth-order valence-corrected chi connectivity index (χ4v) is 2.21. The molecule has 2 aromatic rings. The van der Waals surface area contributed by atoms with Gasteiger partial charge in [-0.2, -0.15) is 0 Å². The molecule has 22 heavy (non-hydrogen) atoms. The Morgan fingerprint density at radius 3 is 2.27 bits per heavy atom. The quantitative estimate of drug-likeness (QED) is 0.819. The van der Waals surface area contributed by atoms with Gasteiger partial charge >= 0.3 is 0 Å². The van der Waals surface area contributed by atoms with E-state index in [0.717, 1.165) is 4.90 Å². The maximum Gasteiger partial charge on any atom is 0.262 e. The summed E-state index contributed by atoms with van der Waals surface area (Å²) in [4.78, 5) is 41.0. The Bertz CT molecular complexity index is 736. The molecular formula is C15H12N4O3. The van der Waals surface area contributed by atoms with Crippen LogP contribution < -0.4 is 11.1 Å². The van der Waals surface area contributed by atoms with Crippen LogP contribution in [0.2, 0.25) is 0 Å². The third-order valence-electron chi connectivity index (χ3n) is 3.25. The van der Waals surface area contributed by atoms with Crippen molar-refractivity contribution in [2.45, 2.75) is 0 Å². The van der Waals surface area contributed by atoms with Gasteiger partial charge in [-0.25, -0.2) is 4.98 Å². The molecule has 7 heteroatoms. The largest absolute Gasteiger partial charge is 0.384 e. The molecule has 1 aromatic heterocycles. The first-order valence-corrected chi connectivity index (χ1v) is 6.53. The zero-order chi connectivity index (χ0) is 15.7. The standard InChI is InChI=1S/C15H12N4O3/c16-12-6-5-9(7-17-12)18-13(20)8-19-14(21)10-3-1-2-4-11(10)15(19)22/h1-7H,8H2,(H2,16,17)(H,18,20). The number of hydrogen-bond donors (Lipinski definition) is 2. The molecule has 0 spiro atoms. The van der Waals surface area contributed by atoms with Gasteiger partial charge in [-0.15, -0.1) is 0 Å². The number of imide groups is 1. The van der Waals surface area contributed by atoms with Crippen molar-refractivity contribution in [3.05, 3.63) is 53.7 Å². The van der Waals surface area contributed by atoms with Gasteiger partial charge < -0.3 is 11.1 Å². The van der Waals surface area contributed by atoms with E-state index < -0.39 is 17.7 Å². The summed E-state index contributed by atoms with van der Waals surface area (Å²) < 4.78 is 0. The maximum atomic E-state index is 12.1. The Morgan fingerprint density at radius 1 is 1.09 bits per heavy atom. The van der Waals surface area contributed by atoms with Gasteiger partial charge in [0.2, 0.25) is 5.91 Å². The van der Waals surface area contributed by atoms with Gasteiger partial charge in [-0.1, -0.05) is 12.1 Å². The SMILES string of the molecule is Nc1ccc(NC(=O)CN2C(=O)c3ccccc3C2=O)cn1. The van der Waals surface area contributed by atoms with E-state index in [9.17, 15) is 14.4 Å². The Labute approximate surface area is 125 Å². The van der Waals surface area contributed by atoms with Crippen LogP contribution >= 0.6 is 0 Å². The second-order valence-electron chi connectivity index (χ2n) is 4.76. The molecule has 1 aliphatic rings. The number of pyridine rings is 1. The van der Waals surface area contributed by atoms with Crippen LogP contribution in [-0.4, -0.2) is 34.2 Å². The molecule has 0 saturated heterocycles. The van der Waals surface area contributed by atoms with Crippen molar-refractivity contribution in [3.63, 3.8) is 0 Å². The molecule has 0 unspecified atom stereocenters. The number of fused-ring (bicyclic) bond motifs is 1. The molecule has 3 N–H and O–H groups in total. The van der Waals surface area contributed by atoms with Gasteiger partial charge in [0.25, 0.3) is 11.8 Å². The first-order chi connectivity index (χ1) is 10.6. The minimum absolute atomic E-state index is 0.314. The predicted octanol–water partition coefficient (Wildman–Crippen LogP) is 0.898. The highest BCUT2D eigenvalue weighted by atomic mass is 16.2. The molecule has 3 amide bonds. The number of benzene rings is 1. The van der Waals surface area contributed by atoms with Crippen molar-refractivity contribution >= 4 is 29.2 Å². The monoisotopic (exact) mass is 296 g/mol. The van der Waals surface area contributed by atoms with Crippen molar-refractivity contribution in [1.82, 2.24) is 9.88 Å². The van der Waals surface area contributed by atoms with E-state index >= 15 is 0 Å². The van der Waals surface area contributed by atoms with Crippen LogP contribution in [0.5, 0.6) is 0 Å². The average Bonchev–Trinajstić information content (AvgIpc) is 2.75. The lowest BCUT2D eigenvalue weighted by atomic mass is 10.1. The van der Waals surface area contributed by atoms with Crippen LogP contribution in [0.25, 0.3) is 0 Å². The summed E-state index contributed by atoms with van der Waals surface area (Å²) in [5.41, 5.74) is 6.52. The summed E-state index contributed by atoms with van der Waals surface area (Å²) in [5.74, 6) is -1.09. The molecule has 0 atom stereocenters. The molecule has 0 radical (unpaired) electrons. The lowest BCUT2D eigenvalue weighted by Crippen LogP contribution is -2.37. The van der Waals surface area contributed by atoms with Crippen molar-refractivity contribution in [1.29, 1.82) is 0 Å². The topological polar surface area (TPSA) is 105 Å². The molecule has 110 valence electrons. The van der Waals surface area contributed by atoms with Crippen LogP contribution in [0.1, 0.15) is 20.7 Å². The minimum atomic E-state index is -0.485. The number of nitrogens with zero attached hydrogens (tertiary/aromatic N) is 2. The maximum absolute atomic E-state index is 12.1. The van der Waals surface area contributed by atoms with E-state index in [2.05, 4.69) is 10.3 Å². The molecule has 1 aromatic carbocycles. The first kappa shape index (κ1) is 13.7. The fourth-order valence-electron chi connectivity index (χ4n) is 2.21. The molecule has 1 aliphatic heterocycles. The van der Waals surface area contributed by atoms with Crippen LogP contribution in [0.4, 0.5) is 11.5 Å². The van der Waals surface area contributed by atoms with E-state index in [0.29, 0.717) is 22.6 Å². The second kappa shape index (κ2) is 5.28. The average molecular weight is 296 g/mol. The highest BCUT2D eigenvalue weighted by Crippen LogP contribution is 2.22. The Kier molecular flexibility index (Phi) is 3.30. The zero-order valence-corrected chi connectivity index (χ0v) is 11.4. The van der Waals surface area contributed by atoms with Gasteiger partial charge in [0.05, 0.1) is 23.0 Å². The van der Waals surface area contributed by atoms with Crippen molar-refractivity contribution in [3.8, 4) is 0 Å². The van der Waals surface area contributed by atoms with Crippen LogP contribution in [0.3, 0.4) is 0 Å². The molecule has 0 aliphatic carbocycles. The minimum Gasteiger partial charge on any atom is -0.384 e. The molecule has 0 saturated carbocycles. The van der Waals surface area contributed by atoms with Crippen molar-refractivity contribution in [2.24, 2.45) is 0 Å². The highest BCUT2D eigenvalue weighted by Gasteiger charge is 2.36. The van der Waals surface area contributed by atoms with Gasteiger partial charge in [0, 0.05) is 0 Å². The molecule has 0 bridgehead atoms. The number of aromatic nitrogens is 1. The Morgan fingerprint density at radius 2 is 1.73 bits per heavy atom. The van der Waals surface area contributed by atoms with Crippen molar-refractivity contribution < 1.29 is 14.4 Å². The molecule has 3 rings (SSSR count).